The van der Waals surface area contributed by atoms with Crippen molar-refractivity contribution in [2.45, 2.75) is 13.5 Å². The smallest absolute Gasteiger partial charge is 0.387 e. The molecule has 19 heavy (non-hydrogen) atoms. The second-order valence-corrected chi connectivity index (χ2v) is 3.71. The van der Waals surface area contributed by atoms with Crippen LogP contribution in [0.15, 0.2) is 36.4 Å². The summed E-state index contributed by atoms with van der Waals surface area (Å²) in [5, 5.41) is 11.0. The lowest BCUT2D eigenvalue weighted by Crippen LogP contribution is -2.04. The quantitative estimate of drug-likeness (QED) is 0.902. The summed E-state index contributed by atoms with van der Waals surface area (Å²) in [6.45, 7) is -0.185. The van der Waals surface area contributed by atoms with Crippen LogP contribution in [-0.4, -0.2) is 23.4 Å². The van der Waals surface area contributed by atoms with E-state index in [1.54, 1.807) is 30.3 Å². The van der Waals surface area contributed by atoms with Gasteiger partial charge in [0.1, 0.15) is 11.6 Å². The summed E-state index contributed by atoms with van der Waals surface area (Å²) >= 11 is 0. The lowest BCUT2D eigenvalue weighted by atomic mass is 10.1. The molecule has 0 radical (unpaired) electrons. The van der Waals surface area contributed by atoms with Crippen molar-refractivity contribution in [2.24, 2.45) is 0 Å². The Kier molecular flexibility index (Phi) is 4.22. The summed E-state index contributed by atoms with van der Waals surface area (Å²) in [5.41, 5.74) is 0.969. The Hall–Kier alpha value is -2.24. The van der Waals surface area contributed by atoms with E-state index in [1.807, 2.05) is 6.92 Å². The predicted molar refractivity (Wildman–Crippen MR) is 68.3 cm³/mol. The molecule has 0 bridgehead atoms. The SMILES string of the molecule is CCNc1ccc(-c2ccccc2OC(F)F)nn1. The lowest BCUT2D eigenvalue weighted by molar-refractivity contribution is -0.0494. The van der Waals surface area contributed by atoms with Gasteiger partial charge in [-0.2, -0.15) is 8.78 Å². The van der Waals surface area contributed by atoms with Gasteiger partial charge in [0.05, 0.1) is 5.69 Å². The molecule has 0 aliphatic carbocycles. The Morgan fingerprint density at radius 1 is 1.16 bits per heavy atom. The fourth-order valence-electron chi connectivity index (χ4n) is 1.63. The zero-order chi connectivity index (χ0) is 13.7. The number of rotatable bonds is 5. The van der Waals surface area contributed by atoms with Crippen LogP contribution in [0.25, 0.3) is 11.3 Å². The Bertz CT molecular complexity index is 532. The van der Waals surface area contributed by atoms with Crippen molar-refractivity contribution in [3.05, 3.63) is 36.4 Å². The van der Waals surface area contributed by atoms with Gasteiger partial charge in [-0.05, 0) is 31.2 Å². The van der Waals surface area contributed by atoms with Crippen LogP contribution in [0.2, 0.25) is 0 Å². The Morgan fingerprint density at radius 2 is 1.95 bits per heavy atom. The minimum atomic E-state index is -2.87. The van der Waals surface area contributed by atoms with Crippen LogP contribution in [0, 0.1) is 0 Å². The van der Waals surface area contributed by atoms with Gasteiger partial charge >= 0.3 is 6.61 Å². The molecular weight excluding hydrogens is 252 g/mol. The van der Waals surface area contributed by atoms with Crippen molar-refractivity contribution in [1.82, 2.24) is 10.2 Å². The maximum Gasteiger partial charge on any atom is 0.387 e. The van der Waals surface area contributed by atoms with E-state index >= 15 is 0 Å². The molecular formula is C13H13F2N3O. The fourth-order valence-corrected chi connectivity index (χ4v) is 1.63. The summed E-state index contributed by atoms with van der Waals surface area (Å²) in [5.74, 6) is 0.724. The summed E-state index contributed by atoms with van der Waals surface area (Å²) in [6.07, 6.45) is 0. The van der Waals surface area contributed by atoms with Crippen LogP contribution in [0.1, 0.15) is 6.92 Å². The van der Waals surface area contributed by atoms with Gasteiger partial charge in [-0.25, -0.2) is 0 Å². The number of hydrogen-bond acceptors (Lipinski definition) is 4. The van der Waals surface area contributed by atoms with E-state index in [9.17, 15) is 8.78 Å². The van der Waals surface area contributed by atoms with Crippen molar-refractivity contribution < 1.29 is 13.5 Å². The number of alkyl halides is 2. The molecule has 100 valence electrons. The molecule has 0 aliphatic heterocycles. The van der Waals surface area contributed by atoms with Gasteiger partial charge in [0.15, 0.2) is 0 Å². The fraction of sp³-hybridized carbons (Fsp3) is 0.231. The zero-order valence-corrected chi connectivity index (χ0v) is 10.3. The summed E-state index contributed by atoms with van der Waals surface area (Å²) < 4.78 is 29.1. The number of benzene rings is 1. The van der Waals surface area contributed by atoms with Crippen LogP contribution in [0.4, 0.5) is 14.6 Å². The number of halogens is 2. The third-order valence-electron chi connectivity index (χ3n) is 2.40. The molecule has 0 unspecified atom stereocenters. The van der Waals surface area contributed by atoms with Crippen molar-refractivity contribution in [3.8, 4) is 17.0 Å². The van der Waals surface area contributed by atoms with Crippen molar-refractivity contribution in [3.63, 3.8) is 0 Å². The highest BCUT2D eigenvalue weighted by Crippen LogP contribution is 2.29. The molecule has 0 saturated carbocycles. The molecule has 0 atom stereocenters. The van der Waals surface area contributed by atoms with E-state index in [2.05, 4.69) is 20.3 Å². The molecule has 1 aromatic carbocycles. The van der Waals surface area contributed by atoms with Gasteiger partial charge < -0.3 is 10.1 Å². The molecule has 1 heterocycles. The van der Waals surface area contributed by atoms with E-state index in [-0.39, 0.29) is 5.75 Å². The molecule has 0 saturated heterocycles. The highest BCUT2D eigenvalue weighted by Gasteiger charge is 2.11. The maximum absolute atomic E-state index is 12.3. The first kappa shape index (κ1) is 13.2. The Morgan fingerprint density at radius 3 is 2.58 bits per heavy atom. The molecule has 6 heteroatoms. The van der Waals surface area contributed by atoms with Gasteiger partial charge in [-0.3, -0.25) is 0 Å². The van der Waals surface area contributed by atoms with E-state index in [0.717, 1.165) is 6.54 Å². The third-order valence-corrected chi connectivity index (χ3v) is 2.40. The number of nitrogens with zero attached hydrogens (tertiary/aromatic N) is 2. The van der Waals surface area contributed by atoms with Crippen LogP contribution in [-0.2, 0) is 0 Å². The largest absolute Gasteiger partial charge is 0.434 e. The van der Waals surface area contributed by atoms with Crippen LogP contribution in [0.5, 0.6) is 5.75 Å². The molecule has 1 aromatic heterocycles. The van der Waals surface area contributed by atoms with E-state index in [0.29, 0.717) is 17.1 Å². The van der Waals surface area contributed by atoms with Crippen molar-refractivity contribution in [2.75, 3.05) is 11.9 Å². The number of hydrogen-bond donors (Lipinski definition) is 1. The number of para-hydroxylation sites is 1. The van der Waals surface area contributed by atoms with Gasteiger partial charge in [-0.15, -0.1) is 10.2 Å². The molecule has 0 fully saturated rings. The highest BCUT2D eigenvalue weighted by molar-refractivity contribution is 5.67. The maximum atomic E-state index is 12.3. The Labute approximate surface area is 109 Å². The van der Waals surface area contributed by atoms with E-state index < -0.39 is 6.61 Å². The topological polar surface area (TPSA) is 47.0 Å². The van der Waals surface area contributed by atoms with Crippen LogP contribution in [0.3, 0.4) is 0 Å². The van der Waals surface area contributed by atoms with Gasteiger partial charge in [0.25, 0.3) is 0 Å². The van der Waals surface area contributed by atoms with Crippen LogP contribution >= 0.6 is 0 Å². The standard InChI is InChI=1S/C13H13F2N3O/c1-2-16-12-8-7-10(17-18-12)9-5-3-4-6-11(9)19-13(14)15/h3-8,13H,2H2,1H3,(H,16,18). The van der Waals surface area contributed by atoms with Gasteiger partial charge in [-0.1, -0.05) is 12.1 Å². The normalized spacial score (nSPS) is 10.5. The summed E-state index contributed by atoms with van der Waals surface area (Å²) in [6, 6.07) is 9.94. The average Bonchev–Trinajstić information content (AvgIpc) is 2.40. The van der Waals surface area contributed by atoms with Crippen LogP contribution < -0.4 is 10.1 Å². The number of ether oxygens (including phenoxy) is 1. The Balaban J connectivity index is 2.30. The van der Waals surface area contributed by atoms with Gasteiger partial charge in [0.2, 0.25) is 0 Å². The second-order valence-electron chi connectivity index (χ2n) is 3.71. The molecule has 0 amide bonds. The molecule has 4 nitrogen and oxygen atoms in total. The molecule has 2 rings (SSSR count). The highest BCUT2D eigenvalue weighted by atomic mass is 19.3. The zero-order valence-electron chi connectivity index (χ0n) is 10.3. The molecule has 0 spiro atoms. The number of nitrogens with one attached hydrogen (secondary N) is 1. The minimum Gasteiger partial charge on any atom is -0.434 e. The van der Waals surface area contributed by atoms with Crippen molar-refractivity contribution in [1.29, 1.82) is 0 Å². The summed E-state index contributed by atoms with van der Waals surface area (Å²) in [4.78, 5) is 0. The van der Waals surface area contributed by atoms with E-state index in [1.165, 1.54) is 6.07 Å². The third kappa shape index (κ3) is 3.37. The summed E-state index contributed by atoms with van der Waals surface area (Å²) in [7, 11) is 0. The molecule has 1 N–H and O–H groups in total. The number of aromatic nitrogens is 2. The molecule has 2 aromatic rings. The van der Waals surface area contributed by atoms with Crippen molar-refractivity contribution >= 4 is 5.82 Å². The first-order valence-electron chi connectivity index (χ1n) is 5.82. The lowest BCUT2D eigenvalue weighted by Gasteiger charge is -2.10. The van der Waals surface area contributed by atoms with E-state index in [4.69, 9.17) is 0 Å². The minimum absolute atomic E-state index is 0.0861. The number of anilines is 1. The second kappa shape index (κ2) is 6.08. The predicted octanol–water partition coefficient (Wildman–Crippen LogP) is 3.18. The average molecular weight is 265 g/mol. The first-order valence-corrected chi connectivity index (χ1v) is 5.82. The molecule has 0 aliphatic rings. The monoisotopic (exact) mass is 265 g/mol. The van der Waals surface area contributed by atoms with Gasteiger partial charge in [0, 0.05) is 12.1 Å². The first-order chi connectivity index (χ1) is 9.20.